The molecule has 1 unspecified atom stereocenters. The fraction of sp³-hybridized carbons (Fsp3) is 0.571. The maximum atomic E-state index is 11.9. The zero-order valence-electron chi connectivity index (χ0n) is 7.81. The molecule has 17 heavy (non-hydrogen) atoms. The Hall–Kier alpha value is -0.960. The van der Waals surface area contributed by atoms with E-state index in [0.29, 0.717) is 6.26 Å². The van der Waals surface area contributed by atoms with Gasteiger partial charge in [0.15, 0.2) is 0 Å². The number of ether oxygens (including phenoxy) is 2. The fourth-order valence-corrected chi connectivity index (χ4v) is 0.805. The molecule has 0 N–H and O–H groups in total. The average Bonchev–Trinajstić information content (AvgIpc) is 2.10. The number of carbonyl (C=O) groups is 1. The third-order valence-corrected chi connectivity index (χ3v) is 1.52. The molecular weight excluding hydrogens is 282 g/mol. The van der Waals surface area contributed by atoms with Crippen LogP contribution in [-0.4, -0.2) is 30.0 Å². The SMILES string of the molecule is C=COC(=O)C(Cl)OC(C(F)(F)F)C(F)(F)F. The summed E-state index contributed by atoms with van der Waals surface area (Å²) in [6, 6.07) is 0. The molecule has 0 saturated heterocycles. The monoisotopic (exact) mass is 286 g/mol. The van der Waals surface area contributed by atoms with Crippen molar-refractivity contribution in [2.24, 2.45) is 0 Å². The van der Waals surface area contributed by atoms with Crippen molar-refractivity contribution in [3.05, 3.63) is 12.8 Å². The summed E-state index contributed by atoms with van der Waals surface area (Å²) >= 11 is 4.87. The zero-order valence-corrected chi connectivity index (χ0v) is 8.57. The highest BCUT2D eigenvalue weighted by atomic mass is 35.5. The molecule has 0 aliphatic carbocycles. The first-order chi connectivity index (χ1) is 7.50. The van der Waals surface area contributed by atoms with Crippen molar-refractivity contribution >= 4 is 17.6 Å². The van der Waals surface area contributed by atoms with Gasteiger partial charge in [0.1, 0.15) is 0 Å². The Morgan fingerprint density at radius 2 is 1.59 bits per heavy atom. The lowest BCUT2D eigenvalue weighted by Gasteiger charge is -2.24. The summed E-state index contributed by atoms with van der Waals surface area (Å²) in [7, 11) is 0. The van der Waals surface area contributed by atoms with E-state index in [4.69, 9.17) is 11.6 Å². The van der Waals surface area contributed by atoms with E-state index in [1.54, 1.807) is 0 Å². The fourth-order valence-electron chi connectivity index (χ4n) is 0.651. The molecule has 0 aliphatic rings. The molecule has 0 amide bonds. The third-order valence-electron chi connectivity index (χ3n) is 1.23. The summed E-state index contributed by atoms with van der Waals surface area (Å²) in [6.45, 7) is 2.86. The van der Waals surface area contributed by atoms with Crippen LogP contribution in [0.2, 0.25) is 0 Å². The van der Waals surface area contributed by atoms with Crippen molar-refractivity contribution in [3.8, 4) is 0 Å². The second kappa shape index (κ2) is 5.58. The first-order valence-corrected chi connectivity index (χ1v) is 4.18. The summed E-state index contributed by atoms with van der Waals surface area (Å²) in [6.07, 6.45) is -15.2. The summed E-state index contributed by atoms with van der Waals surface area (Å²) in [5.41, 5.74) is -2.55. The highest BCUT2D eigenvalue weighted by Crippen LogP contribution is 2.36. The molecule has 0 heterocycles. The Bertz CT molecular complexity index is 272. The van der Waals surface area contributed by atoms with Gasteiger partial charge in [0.05, 0.1) is 6.26 Å². The number of hydrogen-bond donors (Lipinski definition) is 0. The predicted octanol–water partition coefficient (Wildman–Crippen LogP) is 2.75. The summed E-state index contributed by atoms with van der Waals surface area (Å²) in [5, 5.41) is 0. The van der Waals surface area contributed by atoms with Crippen LogP contribution in [0.15, 0.2) is 12.8 Å². The second-order valence-corrected chi connectivity index (χ2v) is 2.92. The van der Waals surface area contributed by atoms with Crippen molar-refractivity contribution < 1.29 is 40.6 Å². The van der Waals surface area contributed by atoms with Crippen LogP contribution in [0.1, 0.15) is 0 Å². The van der Waals surface area contributed by atoms with Gasteiger partial charge >= 0.3 is 18.3 Å². The van der Waals surface area contributed by atoms with E-state index in [0.717, 1.165) is 0 Å². The molecule has 0 saturated carbocycles. The third kappa shape index (κ3) is 5.26. The van der Waals surface area contributed by atoms with E-state index in [9.17, 15) is 31.1 Å². The van der Waals surface area contributed by atoms with E-state index in [-0.39, 0.29) is 0 Å². The number of hydrogen-bond acceptors (Lipinski definition) is 3. The molecule has 3 nitrogen and oxygen atoms in total. The van der Waals surface area contributed by atoms with Crippen LogP contribution in [-0.2, 0) is 14.3 Å². The minimum atomic E-state index is -5.75. The highest BCUT2D eigenvalue weighted by molar-refractivity contribution is 6.28. The number of esters is 1. The lowest BCUT2D eigenvalue weighted by Crippen LogP contribution is -2.46. The maximum absolute atomic E-state index is 11.9. The van der Waals surface area contributed by atoms with Gasteiger partial charge in [-0.05, 0) is 0 Å². The average molecular weight is 287 g/mol. The van der Waals surface area contributed by atoms with Gasteiger partial charge < -0.3 is 9.47 Å². The molecule has 0 rings (SSSR count). The Morgan fingerprint density at radius 1 is 1.18 bits per heavy atom. The summed E-state index contributed by atoms with van der Waals surface area (Å²) < 4.78 is 78.9. The van der Waals surface area contributed by atoms with Crippen LogP contribution >= 0.6 is 11.6 Å². The van der Waals surface area contributed by atoms with Crippen LogP contribution in [0.5, 0.6) is 0 Å². The molecule has 10 heteroatoms. The van der Waals surface area contributed by atoms with Gasteiger partial charge in [0.25, 0.3) is 6.10 Å². The van der Waals surface area contributed by atoms with Crippen molar-refractivity contribution in [2.75, 3.05) is 0 Å². The molecule has 0 aromatic rings. The Balaban J connectivity index is 4.78. The largest absolute Gasteiger partial charge is 0.432 e. The standard InChI is InChI=1S/C7H5ClF6O3/c1-2-16-4(15)3(8)17-5(6(9,10)11)7(12,13)14/h2-3,5H,1H2. The van der Waals surface area contributed by atoms with Gasteiger partial charge in [-0.1, -0.05) is 18.2 Å². The van der Waals surface area contributed by atoms with Crippen LogP contribution < -0.4 is 0 Å². The lowest BCUT2D eigenvalue weighted by molar-refractivity contribution is -0.323. The van der Waals surface area contributed by atoms with Crippen LogP contribution in [0.25, 0.3) is 0 Å². The minimum Gasteiger partial charge on any atom is -0.432 e. The Labute approximate surface area is 95.9 Å². The first-order valence-electron chi connectivity index (χ1n) is 3.74. The minimum absolute atomic E-state index is 0.483. The van der Waals surface area contributed by atoms with E-state index in [1.165, 1.54) is 0 Å². The topological polar surface area (TPSA) is 35.5 Å². The molecule has 0 aliphatic heterocycles. The van der Waals surface area contributed by atoms with Crippen LogP contribution in [0.4, 0.5) is 26.3 Å². The smallest absolute Gasteiger partial charge is 0.423 e. The number of alkyl halides is 7. The number of rotatable bonds is 4. The van der Waals surface area contributed by atoms with Crippen LogP contribution in [0.3, 0.4) is 0 Å². The lowest BCUT2D eigenvalue weighted by atomic mass is 10.3. The molecule has 0 aromatic heterocycles. The van der Waals surface area contributed by atoms with Crippen molar-refractivity contribution in [1.29, 1.82) is 0 Å². The number of carbonyl (C=O) groups excluding carboxylic acids is 1. The number of halogens is 7. The van der Waals surface area contributed by atoms with Crippen molar-refractivity contribution in [2.45, 2.75) is 24.0 Å². The Morgan fingerprint density at radius 3 is 1.88 bits per heavy atom. The second-order valence-electron chi connectivity index (χ2n) is 2.52. The van der Waals surface area contributed by atoms with Crippen molar-refractivity contribution in [1.82, 2.24) is 0 Å². The van der Waals surface area contributed by atoms with Gasteiger partial charge in [-0.15, -0.1) is 0 Å². The van der Waals surface area contributed by atoms with Gasteiger partial charge in [-0.2, -0.15) is 26.3 Å². The summed E-state index contributed by atoms with van der Waals surface area (Å²) in [4.78, 5) is 10.6. The normalized spacial score (nSPS) is 14.6. The van der Waals surface area contributed by atoms with Gasteiger partial charge in [0.2, 0.25) is 5.56 Å². The van der Waals surface area contributed by atoms with Gasteiger partial charge in [-0.25, -0.2) is 4.79 Å². The molecule has 0 aromatic carbocycles. The highest BCUT2D eigenvalue weighted by Gasteiger charge is 2.59. The van der Waals surface area contributed by atoms with E-state index < -0.39 is 30.0 Å². The molecule has 0 radical (unpaired) electrons. The van der Waals surface area contributed by atoms with E-state index >= 15 is 0 Å². The van der Waals surface area contributed by atoms with E-state index in [1.807, 2.05) is 0 Å². The summed E-state index contributed by atoms with van der Waals surface area (Å²) in [5.74, 6) is -1.64. The van der Waals surface area contributed by atoms with E-state index in [2.05, 4.69) is 16.1 Å². The quantitative estimate of drug-likeness (QED) is 0.345. The first kappa shape index (κ1) is 16.0. The predicted molar refractivity (Wildman–Crippen MR) is 42.9 cm³/mol. The maximum Gasteiger partial charge on any atom is 0.423 e. The Kier molecular flexibility index (Phi) is 5.27. The molecular formula is C7H5ClF6O3. The van der Waals surface area contributed by atoms with Gasteiger partial charge in [0, 0.05) is 0 Å². The zero-order chi connectivity index (χ0) is 13.9. The molecule has 0 fully saturated rings. The van der Waals surface area contributed by atoms with Gasteiger partial charge in [-0.3, -0.25) is 0 Å². The molecule has 0 spiro atoms. The van der Waals surface area contributed by atoms with Crippen LogP contribution in [0, 0.1) is 0 Å². The molecule has 0 bridgehead atoms. The molecule has 1 atom stereocenters. The van der Waals surface area contributed by atoms with Crippen molar-refractivity contribution in [3.63, 3.8) is 0 Å². The molecule has 100 valence electrons.